The van der Waals surface area contributed by atoms with Gasteiger partial charge in [0, 0.05) is 25.0 Å². The summed E-state index contributed by atoms with van der Waals surface area (Å²) in [6.07, 6.45) is 7.94. The van der Waals surface area contributed by atoms with Crippen LogP contribution in [0.5, 0.6) is 0 Å². The first kappa shape index (κ1) is 18.3. The average molecular weight is 337 g/mol. The zero-order valence-corrected chi connectivity index (χ0v) is 14.6. The van der Waals surface area contributed by atoms with Crippen LogP contribution in [0, 0.1) is 11.8 Å². The zero-order chi connectivity index (χ0) is 15.4. The lowest BCUT2D eigenvalue weighted by Crippen LogP contribution is -2.43. The molecule has 0 radical (unpaired) electrons. The van der Waals surface area contributed by atoms with E-state index < -0.39 is 0 Å². The third-order valence-corrected chi connectivity index (χ3v) is 5.30. The van der Waals surface area contributed by atoms with Crippen LogP contribution in [0.25, 0.3) is 0 Å². The summed E-state index contributed by atoms with van der Waals surface area (Å²) in [6.45, 7) is 1.68. The molecule has 2 aliphatic rings. The molecule has 0 bridgehead atoms. The Kier molecular flexibility index (Phi) is 6.91. The van der Waals surface area contributed by atoms with Gasteiger partial charge < -0.3 is 10.6 Å². The number of carbonyl (C=O) groups excluding carboxylic acids is 1. The highest BCUT2D eigenvalue weighted by Gasteiger charge is 2.31. The number of hydrogen-bond donors (Lipinski definition) is 1. The fourth-order valence-corrected chi connectivity index (χ4v) is 3.73. The van der Waals surface area contributed by atoms with Gasteiger partial charge in [0.1, 0.15) is 0 Å². The minimum Gasteiger partial charge on any atom is -0.338 e. The summed E-state index contributed by atoms with van der Waals surface area (Å²) >= 11 is 0. The molecule has 2 N–H and O–H groups in total. The molecule has 2 saturated carbocycles. The largest absolute Gasteiger partial charge is 0.338 e. The smallest absolute Gasteiger partial charge is 0.226 e. The first-order valence-corrected chi connectivity index (χ1v) is 8.80. The second-order valence-electron chi connectivity index (χ2n) is 7.12. The highest BCUT2D eigenvalue weighted by molar-refractivity contribution is 5.85. The molecule has 0 aliphatic heterocycles. The summed E-state index contributed by atoms with van der Waals surface area (Å²) in [5.41, 5.74) is 7.32. The molecule has 0 spiro atoms. The third kappa shape index (κ3) is 4.95. The molecule has 3 nitrogen and oxygen atoms in total. The fourth-order valence-electron chi connectivity index (χ4n) is 3.73. The Morgan fingerprint density at radius 3 is 2.39 bits per heavy atom. The summed E-state index contributed by atoms with van der Waals surface area (Å²) < 4.78 is 0. The Labute approximate surface area is 146 Å². The first-order valence-electron chi connectivity index (χ1n) is 8.80. The van der Waals surface area contributed by atoms with Crippen molar-refractivity contribution >= 4 is 18.3 Å². The van der Waals surface area contributed by atoms with Crippen LogP contribution in [0.3, 0.4) is 0 Å². The van der Waals surface area contributed by atoms with Gasteiger partial charge in [-0.3, -0.25) is 4.79 Å². The van der Waals surface area contributed by atoms with E-state index in [1.807, 2.05) is 6.07 Å². The van der Waals surface area contributed by atoms with Crippen LogP contribution in [-0.2, 0) is 11.3 Å². The summed E-state index contributed by atoms with van der Waals surface area (Å²) in [7, 11) is 0. The van der Waals surface area contributed by atoms with Crippen molar-refractivity contribution in [3.05, 3.63) is 35.9 Å². The monoisotopic (exact) mass is 336 g/mol. The van der Waals surface area contributed by atoms with E-state index in [1.54, 1.807) is 0 Å². The van der Waals surface area contributed by atoms with Crippen LogP contribution in [-0.4, -0.2) is 23.4 Å². The number of nitrogens with zero attached hydrogens (tertiary/aromatic N) is 1. The summed E-state index contributed by atoms with van der Waals surface area (Å²) in [4.78, 5) is 15.1. The molecule has 2 unspecified atom stereocenters. The Morgan fingerprint density at radius 1 is 1.09 bits per heavy atom. The van der Waals surface area contributed by atoms with Gasteiger partial charge in [-0.25, -0.2) is 0 Å². The molecule has 0 aromatic heterocycles. The number of hydrogen-bond acceptors (Lipinski definition) is 2. The molecule has 1 aromatic rings. The van der Waals surface area contributed by atoms with Gasteiger partial charge in [0.25, 0.3) is 0 Å². The van der Waals surface area contributed by atoms with Crippen molar-refractivity contribution in [2.75, 3.05) is 6.54 Å². The Hall–Kier alpha value is -1.06. The van der Waals surface area contributed by atoms with Gasteiger partial charge in [0.05, 0.1) is 0 Å². The van der Waals surface area contributed by atoms with E-state index in [-0.39, 0.29) is 24.4 Å². The van der Waals surface area contributed by atoms with Gasteiger partial charge in [-0.1, -0.05) is 43.2 Å². The maximum absolute atomic E-state index is 13.0. The van der Waals surface area contributed by atoms with Gasteiger partial charge in [-0.05, 0) is 43.6 Å². The normalized spacial score (nSPS) is 24.4. The second-order valence-corrected chi connectivity index (χ2v) is 7.12. The van der Waals surface area contributed by atoms with Crippen LogP contribution in [0.1, 0.15) is 50.5 Å². The maximum Gasteiger partial charge on any atom is 0.226 e. The average Bonchev–Trinajstić information content (AvgIpc) is 2.50. The Bertz CT molecular complexity index is 489. The molecule has 128 valence electrons. The van der Waals surface area contributed by atoms with E-state index >= 15 is 0 Å². The molecule has 0 saturated heterocycles. The van der Waals surface area contributed by atoms with E-state index in [9.17, 15) is 4.79 Å². The number of nitrogens with two attached hydrogens (primary N) is 1. The van der Waals surface area contributed by atoms with Gasteiger partial charge in [0.15, 0.2) is 0 Å². The standard InChI is InChI=1S/C19H28N2O.ClH/c20-18-11-5-10-17(12-18)19(22)21(14-16-8-4-9-16)13-15-6-2-1-3-7-15;/h1-3,6-7,16-18H,4-5,8-14,20H2;1H. The van der Waals surface area contributed by atoms with Crippen LogP contribution in [0.2, 0.25) is 0 Å². The van der Waals surface area contributed by atoms with Crippen molar-refractivity contribution in [3.8, 4) is 0 Å². The fraction of sp³-hybridized carbons (Fsp3) is 0.632. The Balaban J connectivity index is 0.00000192. The van der Waals surface area contributed by atoms with E-state index in [1.165, 1.54) is 24.8 Å². The van der Waals surface area contributed by atoms with Gasteiger partial charge in [-0.15, -0.1) is 12.4 Å². The van der Waals surface area contributed by atoms with Crippen molar-refractivity contribution in [2.45, 2.75) is 57.5 Å². The summed E-state index contributed by atoms with van der Waals surface area (Å²) in [5.74, 6) is 1.20. The van der Waals surface area contributed by atoms with Crippen LogP contribution in [0.15, 0.2) is 30.3 Å². The second kappa shape index (κ2) is 8.70. The number of halogens is 1. The predicted octanol–water partition coefficient (Wildman–Crippen LogP) is 3.75. The van der Waals surface area contributed by atoms with E-state index in [0.29, 0.717) is 11.8 Å². The highest BCUT2D eigenvalue weighted by Crippen LogP contribution is 2.30. The minimum absolute atomic E-state index is 0. The quantitative estimate of drug-likeness (QED) is 0.890. The molecular weight excluding hydrogens is 308 g/mol. The number of carbonyl (C=O) groups is 1. The van der Waals surface area contributed by atoms with Crippen molar-refractivity contribution in [2.24, 2.45) is 17.6 Å². The highest BCUT2D eigenvalue weighted by atomic mass is 35.5. The SMILES string of the molecule is Cl.NC1CCCC(C(=O)N(Cc2ccccc2)CC2CCC2)C1. The predicted molar refractivity (Wildman–Crippen MR) is 96.4 cm³/mol. The third-order valence-electron chi connectivity index (χ3n) is 5.30. The lowest BCUT2D eigenvalue weighted by atomic mass is 9.83. The zero-order valence-electron chi connectivity index (χ0n) is 13.8. The van der Waals surface area contributed by atoms with Crippen LogP contribution < -0.4 is 5.73 Å². The van der Waals surface area contributed by atoms with E-state index in [0.717, 1.165) is 38.8 Å². The molecule has 1 amide bonds. The molecule has 3 rings (SSSR count). The van der Waals surface area contributed by atoms with E-state index in [4.69, 9.17) is 5.73 Å². The van der Waals surface area contributed by atoms with Gasteiger partial charge >= 0.3 is 0 Å². The number of benzene rings is 1. The molecule has 0 heterocycles. The molecule has 1 aromatic carbocycles. The number of rotatable bonds is 5. The maximum atomic E-state index is 13.0. The van der Waals surface area contributed by atoms with Gasteiger partial charge in [-0.2, -0.15) is 0 Å². The Morgan fingerprint density at radius 2 is 1.78 bits per heavy atom. The van der Waals surface area contributed by atoms with Crippen LogP contribution >= 0.6 is 12.4 Å². The summed E-state index contributed by atoms with van der Waals surface area (Å²) in [5, 5.41) is 0. The minimum atomic E-state index is 0. The number of amides is 1. The molecule has 4 heteroatoms. The van der Waals surface area contributed by atoms with Crippen molar-refractivity contribution in [1.29, 1.82) is 0 Å². The topological polar surface area (TPSA) is 46.3 Å². The molecule has 2 fully saturated rings. The summed E-state index contributed by atoms with van der Waals surface area (Å²) in [6, 6.07) is 10.6. The lowest BCUT2D eigenvalue weighted by molar-refractivity contribution is -0.138. The van der Waals surface area contributed by atoms with Gasteiger partial charge in [0.2, 0.25) is 5.91 Å². The molecular formula is C19H29ClN2O. The molecule has 2 aliphatic carbocycles. The molecule has 23 heavy (non-hydrogen) atoms. The molecule has 2 atom stereocenters. The van der Waals surface area contributed by atoms with Crippen molar-refractivity contribution in [3.63, 3.8) is 0 Å². The lowest BCUT2D eigenvalue weighted by Gasteiger charge is -2.36. The van der Waals surface area contributed by atoms with E-state index in [2.05, 4.69) is 29.2 Å². The van der Waals surface area contributed by atoms with Crippen LogP contribution in [0.4, 0.5) is 0 Å². The van der Waals surface area contributed by atoms with Crippen molar-refractivity contribution < 1.29 is 4.79 Å². The van der Waals surface area contributed by atoms with Crippen molar-refractivity contribution in [1.82, 2.24) is 4.90 Å². The first-order chi connectivity index (χ1) is 10.7.